The number of carbonyl (C=O) groups is 1. The van der Waals surface area contributed by atoms with E-state index in [2.05, 4.69) is 55.8 Å². The van der Waals surface area contributed by atoms with Gasteiger partial charge in [-0.2, -0.15) is 0 Å². The molecule has 202 valence electrons. The Hall–Kier alpha value is -3.24. The number of benzene rings is 3. The van der Waals surface area contributed by atoms with Crippen molar-refractivity contribution in [1.29, 1.82) is 0 Å². The first kappa shape index (κ1) is 29.3. The van der Waals surface area contributed by atoms with Crippen LogP contribution in [0.5, 0.6) is 0 Å². The topological polar surface area (TPSA) is 46.5 Å². The average molecular weight is 517 g/mol. The normalized spacial score (nSPS) is 12.2. The second kappa shape index (κ2) is 12.5. The summed E-state index contributed by atoms with van der Waals surface area (Å²) in [7, 11) is 1.30. The van der Waals surface area contributed by atoms with Crippen LogP contribution in [-0.4, -0.2) is 23.8 Å². The Balaban J connectivity index is 1.92. The summed E-state index contributed by atoms with van der Waals surface area (Å²) in [5.41, 5.74) is 5.90. The van der Waals surface area contributed by atoms with Gasteiger partial charge in [0, 0.05) is 5.41 Å². The Morgan fingerprint density at radius 2 is 1.47 bits per heavy atom. The number of rotatable bonds is 11. The molecule has 4 heteroatoms. The van der Waals surface area contributed by atoms with E-state index in [9.17, 15) is 14.3 Å². The van der Waals surface area contributed by atoms with E-state index >= 15 is 0 Å². The SMILES string of the molecule is CCC(O)(/C=C/c1ccc(C(CC)(CC)c2ccc(-c3ccc(CC(=O)OC)c(F)c3)cc2)cc1C)CC. The second-order valence-electron chi connectivity index (χ2n) is 10.1. The molecule has 0 fully saturated rings. The van der Waals surface area contributed by atoms with Crippen LogP contribution >= 0.6 is 0 Å². The molecule has 0 aliphatic carbocycles. The molecule has 3 aromatic carbocycles. The van der Waals surface area contributed by atoms with Crippen molar-refractivity contribution in [2.24, 2.45) is 0 Å². The molecule has 0 saturated carbocycles. The van der Waals surface area contributed by atoms with Gasteiger partial charge in [-0.05, 0) is 77.6 Å². The summed E-state index contributed by atoms with van der Waals surface area (Å²) in [6.07, 6.45) is 7.14. The average Bonchev–Trinajstić information content (AvgIpc) is 2.94. The third kappa shape index (κ3) is 6.24. The van der Waals surface area contributed by atoms with Crippen LogP contribution in [0.2, 0.25) is 0 Å². The summed E-state index contributed by atoms with van der Waals surface area (Å²) in [6, 6.07) is 20.0. The van der Waals surface area contributed by atoms with Crippen LogP contribution in [0.25, 0.3) is 17.2 Å². The molecule has 0 aliphatic rings. The van der Waals surface area contributed by atoms with Crippen LogP contribution in [-0.2, 0) is 21.4 Å². The molecule has 0 spiro atoms. The summed E-state index contributed by atoms with van der Waals surface area (Å²) in [5.74, 6) is -0.867. The van der Waals surface area contributed by atoms with E-state index < -0.39 is 17.4 Å². The number of hydrogen-bond acceptors (Lipinski definition) is 3. The number of aliphatic hydroxyl groups is 1. The fraction of sp³-hybridized carbons (Fsp3) is 0.382. The van der Waals surface area contributed by atoms with Crippen LogP contribution in [0.15, 0.2) is 66.7 Å². The molecule has 0 unspecified atom stereocenters. The maximum absolute atomic E-state index is 14.6. The molecule has 0 saturated heterocycles. The number of aryl methyl sites for hydroxylation is 1. The lowest BCUT2D eigenvalue weighted by atomic mass is 9.70. The zero-order valence-electron chi connectivity index (χ0n) is 23.6. The smallest absolute Gasteiger partial charge is 0.310 e. The van der Waals surface area contributed by atoms with Crippen molar-refractivity contribution in [2.75, 3.05) is 7.11 Å². The van der Waals surface area contributed by atoms with Crippen molar-refractivity contribution >= 4 is 12.0 Å². The summed E-state index contributed by atoms with van der Waals surface area (Å²) >= 11 is 0. The van der Waals surface area contributed by atoms with Gasteiger partial charge in [-0.1, -0.05) is 94.4 Å². The molecule has 0 radical (unpaired) electrons. The van der Waals surface area contributed by atoms with Crippen molar-refractivity contribution in [2.45, 2.75) is 77.7 Å². The third-order valence-electron chi connectivity index (χ3n) is 8.21. The van der Waals surface area contributed by atoms with Crippen molar-refractivity contribution < 1.29 is 19.0 Å². The fourth-order valence-electron chi connectivity index (χ4n) is 5.20. The molecule has 3 aromatic rings. The van der Waals surface area contributed by atoms with Crippen LogP contribution < -0.4 is 0 Å². The molecule has 3 rings (SSSR count). The Morgan fingerprint density at radius 3 is 2.00 bits per heavy atom. The number of esters is 1. The van der Waals surface area contributed by atoms with Crippen LogP contribution in [0, 0.1) is 12.7 Å². The second-order valence-corrected chi connectivity index (χ2v) is 10.1. The van der Waals surface area contributed by atoms with Gasteiger partial charge in [-0.25, -0.2) is 4.39 Å². The lowest BCUT2D eigenvalue weighted by Gasteiger charge is -2.34. The predicted octanol–water partition coefficient (Wildman–Crippen LogP) is 8.19. The van der Waals surface area contributed by atoms with Gasteiger partial charge in [0.15, 0.2) is 0 Å². The lowest BCUT2D eigenvalue weighted by molar-refractivity contribution is -0.139. The van der Waals surface area contributed by atoms with E-state index in [4.69, 9.17) is 0 Å². The minimum atomic E-state index is -0.770. The van der Waals surface area contributed by atoms with Crippen molar-refractivity contribution in [3.05, 3.63) is 100 Å². The third-order valence-corrected chi connectivity index (χ3v) is 8.21. The predicted molar refractivity (Wildman–Crippen MR) is 155 cm³/mol. The van der Waals surface area contributed by atoms with Gasteiger partial charge in [0.2, 0.25) is 0 Å². The van der Waals surface area contributed by atoms with Crippen molar-refractivity contribution in [1.82, 2.24) is 0 Å². The lowest BCUT2D eigenvalue weighted by Crippen LogP contribution is -2.26. The Bertz CT molecular complexity index is 1270. The van der Waals surface area contributed by atoms with E-state index in [1.54, 1.807) is 6.07 Å². The Morgan fingerprint density at radius 1 is 0.868 bits per heavy atom. The zero-order valence-corrected chi connectivity index (χ0v) is 23.6. The number of carbonyl (C=O) groups excluding carboxylic acids is 1. The molecule has 0 aliphatic heterocycles. The summed E-state index contributed by atoms with van der Waals surface area (Å²) < 4.78 is 19.3. The maximum Gasteiger partial charge on any atom is 0.310 e. The maximum atomic E-state index is 14.6. The summed E-state index contributed by atoms with van der Waals surface area (Å²) in [5, 5.41) is 10.6. The molecule has 0 bridgehead atoms. The molecule has 38 heavy (non-hydrogen) atoms. The first-order chi connectivity index (χ1) is 18.1. The Kier molecular flexibility index (Phi) is 9.67. The van der Waals surface area contributed by atoms with Gasteiger partial charge >= 0.3 is 5.97 Å². The first-order valence-corrected chi connectivity index (χ1v) is 13.6. The summed E-state index contributed by atoms with van der Waals surface area (Å²) in [6.45, 7) is 10.6. The number of halogens is 1. The number of hydrogen-bond donors (Lipinski definition) is 1. The molecule has 0 heterocycles. The zero-order chi connectivity index (χ0) is 27.9. The molecule has 0 aromatic heterocycles. The van der Waals surface area contributed by atoms with Crippen LogP contribution in [0.1, 0.15) is 81.2 Å². The highest BCUT2D eigenvalue weighted by Crippen LogP contribution is 2.40. The molecule has 0 atom stereocenters. The van der Waals surface area contributed by atoms with E-state index in [0.717, 1.165) is 29.5 Å². The number of methoxy groups -OCH3 is 1. The summed E-state index contributed by atoms with van der Waals surface area (Å²) in [4.78, 5) is 11.5. The highest BCUT2D eigenvalue weighted by atomic mass is 19.1. The largest absolute Gasteiger partial charge is 0.469 e. The van der Waals surface area contributed by atoms with Gasteiger partial charge in [0.05, 0.1) is 19.1 Å². The highest BCUT2D eigenvalue weighted by molar-refractivity contribution is 5.73. The minimum absolute atomic E-state index is 0.0802. The first-order valence-electron chi connectivity index (χ1n) is 13.6. The molecular formula is C34H41FO3. The van der Waals surface area contributed by atoms with Gasteiger partial charge < -0.3 is 9.84 Å². The van der Waals surface area contributed by atoms with Crippen molar-refractivity contribution in [3.63, 3.8) is 0 Å². The monoisotopic (exact) mass is 516 g/mol. The molecule has 3 nitrogen and oxygen atoms in total. The van der Waals surface area contributed by atoms with Gasteiger partial charge in [0.25, 0.3) is 0 Å². The highest BCUT2D eigenvalue weighted by Gasteiger charge is 2.31. The van der Waals surface area contributed by atoms with E-state index in [0.29, 0.717) is 18.4 Å². The Labute approximate surface area is 227 Å². The van der Waals surface area contributed by atoms with Crippen LogP contribution in [0.4, 0.5) is 4.39 Å². The molecular weight excluding hydrogens is 475 g/mol. The standard InChI is InChI=1S/C34H41FO3/c1-7-33(37,8-2)20-19-25-13-18-30(21-24(25)5)34(9-3,10-4)29-16-14-26(15-17-29)27-11-12-28(31(35)22-27)23-32(36)38-6/h11-22,37H,7-10,23H2,1-6H3/b20-19+. The van der Waals surface area contributed by atoms with E-state index in [1.807, 2.05) is 44.2 Å². The van der Waals surface area contributed by atoms with Gasteiger partial charge in [-0.15, -0.1) is 0 Å². The molecule has 1 N–H and O–H groups in total. The fourth-order valence-corrected chi connectivity index (χ4v) is 5.20. The number of ether oxygens (including phenoxy) is 1. The molecule has 0 amide bonds. The van der Waals surface area contributed by atoms with E-state index in [1.165, 1.54) is 29.9 Å². The van der Waals surface area contributed by atoms with Crippen LogP contribution in [0.3, 0.4) is 0 Å². The van der Waals surface area contributed by atoms with Gasteiger partial charge in [0.1, 0.15) is 5.82 Å². The quantitative estimate of drug-likeness (QED) is 0.261. The minimum Gasteiger partial charge on any atom is -0.469 e. The van der Waals surface area contributed by atoms with E-state index in [-0.39, 0.29) is 11.8 Å². The van der Waals surface area contributed by atoms with Crippen molar-refractivity contribution in [3.8, 4) is 11.1 Å². The van der Waals surface area contributed by atoms with Gasteiger partial charge in [-0.3, -0.25) is 4.79 Å².